The fourth-order valence-corrected chi connectivity index (χ4v) is 1.23. The number of hydrogen-bond donors (Lipinski definition) is 2. The van der Waals surface area contributed by atoms with E-state index < -0.39 is 0 Å². The number of carbonyl (C=O) groups excluding carboxylic acids is 1. The molecule has 0 heterocycles. The van der Waals surface area contributed by atoms with Crippen LogP contribution in [0.2, 0.25) is 0 Å². The van der Waals surface area contributed by atoms with Crippen molar-refractivity contribution < 1.29 is 4.79 Å². The Balaban J connectivity index is 3.88. The van der Waals surface area contributed by atoms with Gasteiger partial charge in [0, 0.05) is 20.0 Å². The molecular formula is C9H19N3OS. The zero-order valence-electron chi connectivity index (χ0n) is 8.88. The zero-order valence-corrected chi connectivity index (χ0v) is 9.69. The minimum Gasteiger partial charge on any atom is -0.393 e. The summed E-state index contributed by atoms with van der Waals surface area (Å²) in [7, 11) is 1.64. The fourth-order valence-electron chi connectivity index (χ4n) is 1.14. The molecule has 0 aliphatic carbocycles. The molecule has 0 fully saturated rings. The second kappa shape index (κ2) is 7.70. The van der Waals surface area contributed by atoms with Gasteiger partial charge in [-0.3, -0.25) is 9.69 Å². The summed E-state index contributed by atoms with van der Waals surface area (Å²) in [6.07, 6.45) is 1.70. The molecule has 0 aliphatic heterocycles. The number of carbonyl (C=O) groups is 1. The Labute approximate surface area is 90.8 Å². The van der Waals surface area contributed by atoms with Gasteiger partial charge in [-0.15, -0.1) is 0 Å². The molecule has 14 heavy (non-hydrogen) atoms. The molecule has 82 valence electrons. The lowest BCUT2D eigenvalue weighted by molar-refractivity contribution is -0.121. The van der Waals surface area contributed by atoms with Gasteiger partial charge >= 0.3 is 0 Å². The lowest BCUT2D eigenvalue weighted by Crippen LogP contribution is -2.37. The van der Waals surface area contributed by atoms with E-state index in [1.54, 1.807) is 7.05 Å². The smallest absolute Gasteiger partial charge is 0.233 e. The normalized spacial score (nSPS) is 10.2. The third-order valence-electron chi connectivity index (χ3n) is 1.86. The molecule has 0 saturated carbocycles. The number of thiocarbonyl (C=S) groups is 1. The molecule has 4 nitrogen and oxygen atoms in total. The minimum atomic E-state index is 0.0291. The summed E-state index contributed by atoms with van der Waals surface area (Å²) in [5.41, 5.74) is 5.40. The number of nitrogens with two attached hydrogens (primary N) is 1. The van der Waals surface area contributed by atoms with E-state index in [2.05, 4.69) is 17.1 Å². The van der Waals surface area contributed by atoms with E-state index in [4.69, 9.17) is 18.0 Å². The van der Waals surface area contributed by atoms with Crippen LogP contribution in [-0.4, -0.2) is 42.5 Å². The number of likely N-dealkylation sites (N-methyl/N-ethyl adjacent to an activating group) is 1. The van der Waals surface area contributed by atoms with E-state index in [0.29, 0.717) is 18.0 Å². The summed E-state index contributed by atoms with van der Waals surface area (Å²) in [5, 5.41) is 2.60. The molecule has 0 aromatic carbocycles. The van der Waals surface area contributed by atoms with E-state index in [0.717, 1.165) is 19.5 Å². The first-order valence-corrected chi connectivity index (χ1v) is 5.22. The van der Waals surface area contributed by atoms with Crippen molar-refractivity contribution in [3.63, 3.8) is 0 Å². The fraction of sp³-hybridized carbons (Fsp3) is 0.778. The Hall–Kier alpha value is -0.680. The number of hydrogen-bond acceptors (Lipinski definition) is 3. The summed E-state index contributed by atoms with van der Waals surface area (Å²) >= 11 is 4.79. The van der Waals surface area contributed by atoms with Gasteiger partial charge in [-0.1, -0.05) is 19.1 Å². The summed E-state index contributed by atoms with van der Waals surface area (Å²) in [5.74, 6) is 0.0291. The first-order chi connectivity index (χ1) is 6.60. The van der Waals surface area contributed by atoms with Crippen LogP contribution in [0.25, 0.3) is 0 Å². The van der Waals surface area contributed by atoms with E-state index >= 15 is 0 Å². The van der Waals surface area contributed by atoms with Crippen molar-refractivity contribution in [3.8, 4) is 0 Å². The molecule has 0 radical (unpaired) electrons. The van der Waals surface area contributed by atoms with Crippen LogP contribution in [0.5, 0.6) is 0 Å². The minimum absolute atomic E-state index is 0.0291. The van der Waals surface area contributed by atoms with Crippen LogP contribution in [0, 0.1) is 0 Å². The maximum atomic E-state index is 11.1. The predicted molar refractivity (Wildman–Crippen MR) is 62.2 cm³/mol. The van der Waals surface area contributed by atoms with Gasteiger partial charge in [0.05, 0.1) is 11.5 Å². The van der Waals surface area contributed by atoms with Gasteiger partial charge in [-0.05, 0) is 13.0 Å². The molecule has 1 amide bonds. The average Bonchev–Trinajstić information content (AvgIpc) is 2.14. The number of nitrogens with one attached hydrogen (secondary N) is 1. The van der Waals surface area contributed by atoms with Crippen LogP contribution in [0.3, 0.4) is 0 Å². The van der Waals surface area contributed by atoms with E-state index in [1.165, 1.54) is 0 Å². The van der Waals surface area contributed by atoms with Crippen LogP contribution in [0.1, 0.15) is 19.8 Å². The van der Waals surface area contributed by atoms with Crippen LogP contribution in [-0.2, 0) is 4.79 Å². The standard InChI is InChI=1S/C9H19N3OS/c1-3-5-12(6-4-8(10)14)7-9(13)11-2/h3-7H2,1-2H3,(H2,10,14)(H,11,13). The highest BCUT2D eigenvalue weighted by Crippen LogP contribution is 1.94. The van der Waals surface area contributed by atoms with Gasteiger partial charge in [0.2, 0.25) is 5.91 Å². The van der Waals surface area contributed by atoms with Crippen LogP contribution >= 0.6 is 12.2 Å². The van der Waals surface area contributed by atoms with Crippen molar-refractivity contribution in [1.82, 2.24) is 10.2 Å². The van der Waals surface area contributed by atoms with Crippen molar-refractivity contribution in [1.29, 1.82) is 0 Å². The van der Waals surface area contributed by atoms with Gasteiger partial charge in [0.1, 0.15) is 0 Å². The van der Waals surface area contributed by atoms with Gasteiger partial charge in [0.25, 0.3) is 0 Å². The Morgan fingerprint density at radius 1 is 1.50 bits per heavy atom. The molecule has 0 aromatic heterocycles. The largest absolute Gasteiger partial charge is 0.393 e. The lowest BCUT2D eigenvalue weighted by Gasteiger charge is -2.20. The monoisotopic (exact) mass is 217 g/mol. The third kappa shape index (κ3) is 6.80. The Kier molecular flexibility index (Phi) is 7.32. The Bertz CT molecular complexity index is 196. The second-order valence-corrected chi connectivity index (χ2v) is 3.69. The molecule has 0 aromatic rings. The molecular weight excluding hydrogens is 198 g/mol. The van der Waals surface area contributed by atoms with Gasteiger partial charge < -0.3 is 11.1 Å². The average molecular weight is 217 g/mol. The van der Waals surface area contributed by atoms with Gasteiger partial charge in [0.15, 0.2) is 0 Å². The highest BCUT2D eigenvalue weighted by Gasteiger charge is 2.08. The topological polar surface area (TPSA) is 58.4 Å². The molecule has 5 heteroatoms. The first-order valence-electron chi connectivity index (χ1n) is 4.81. The summed E-state index contributed by atoms with van der Waals surface area (Å²) < 4.78 is 0. The third-order valence-corrected chi connectivity index (χ3v) is 2.06. The number of rotatable bonds is 7. The highest BCUT2D eigenvalue weighted by molar-refractivity contribution is 7.80. The summed E-state index contributed by atoms with van der Waals surface area (Å²) in [6.45, 7) is 4.16. The van der Waals surface area contributed by atoms with E-state index in [9.17, 15) is 4.79 Å². The SMILES string of the molecule is CCCN(CCC(N)=S)CC(=O)NC. The van der Waals surface area contributed by atoms with Crippen LogP contribution in [0.15, 0.2) is 0 Å². The molecule has 0 bridgehead atoms. The maximum Gasteiger partial charge on any atom is 0.233 e. The zero-order chi connectivity index (χ0) is 11.0. The van der Waals surface area contributed by atoms with E-state index in [1.807, 2.05) is 0 Å². The summed E-state index contributed by atoms with van der Waals surface area (Å²) in [4.78, 5) is 13.7. The molecule has 0 atom stereocenters. The van der Waals surface area contributed by atoms with Gasteiger partial charge in [-0.25, -0.2) is 0 Å². The number of amides is 1. The Morgan fingerprint density at radius 2 is 2.14 bits per heavy atom. The quantitative estimate of drug-likeness (QED) is 0.595. The number of nitrogens with zero attached hydrogens (tertiary/aromatic N) is 1. The molecule has 0 aliphatic rings. The molecule has 0 spiro atoms. The molecule has 3 N–H and O–H groups in total. The first kappa shape index (κ1) is 13.3. The van der Waals surface area contributed by atoms with E-state index in [-0.39, 0.29) is 5.91 Å². The second-order valence-electron chi connectivity index (χ2n) is 3.17. The molecule has 0 rings (SSSR count). The predicted octanol–water partition coefficient (Wildman–Crippen LogP) is 0.121. The van der Waals surface area contributed by atoms with Crippen molar-refractivity contribution in [3.05, 3.63) is 0 Å². The van der Waals surface area contributed by atoms with Crippen LogP contribution < -0.4 is 11.1 Å². The maximum absolute atomic E-state index is 11.1. The van der Waals surface area contributed by atoms with Crippen molar-refractivity contribution in [2.45, 2.75) is 19.8 Å². The van der Waals surface area contributed by atoms with Crippen molar-refractivity contribution >= 4 is 23.1 Å². The van der Waals surface area contributed by atoms with Crippen molar-refractivity contribution in [2.75, 3.05) is 26.7 Å². The summed E-state index contributed by atoms with van der Waals surface area (Å²) in [6, 6.07) is 0. The van der Waals surface area contributed by atoms with Gasteiger partial charge in [-0.2, -0.15) is 0 Å². The highest BCUT2D eigenvalue weighted by atomic mass is 32.1. The molecule has 0 unspecified atom stereocenters. The van der Waals surface area contributed by atoms with Crippen LogP contribution in [0.4, 0.5) is 0 Å². The molecule has 0 saturated heterocycles. The Morgan fingerprint density at radius 3 is 2.57 bits per heavy atom. The lowest BCUT2D eigenvalue weighted by atomic mass is 10.3. The van der Waals surface area contributed by atoms with Crippen molar-refractivity contribution in [2.24, 2.45) is 5.73 Å².